The lowest BCUT2D eigenvalue weighted by Crippen LogP contribution is -2.46. The van der Waals surface area contributed by atoms with E-state index < -0.39 is 4.92 Å². The Labute approximate surface area is 136 Å². The molecule has 0 aliphatic carbocycles. The summed E-state index contributed by atoms with van der Waals surface area (Å²) in [7, 11) is 2.19. The first-order valence-corrected chi connectivity index (χ1v) is 8.24. The maximum atomic E-state index is 10.8. The molecule has 1 aromatic rings. The Balaban J connectivity index is 1.68. The first-order chi connectivity index (χ1) is 10.5. The molecule has 2 aliphatic rings. The molecular formula is C16H22ClN3O2. The molecule has 0 aromatic heterocycles. The molecule has 6 heteroatoms. The third-order valence-electron chi connectivity index (χ3n) is 5.35. The van der Waals surface area contributed by atoms with Gasteiger partial charge in [0.2, 0.25) is 0 Å². The third-order valence-corrected chi connectivity index (χ3v) is 5.66. The minimum absolute atomic E-state index is 0.0533. The summed E-state index contributed by atoms with van der Waals surface area (Å²) in [5.74, 6) is 0. The molecule has 0 N–H and O–H groups in total. The normalized spacial score (nSPS) is 22.0. The zero-order valence-electron chi connectivity index (χ0n) is 12.9. The van der Waals surface area contributed by atoms with E-state index in [-0.39, 0.29) is 5.69 Å². The van der Waals surface area contributed by atoms with Crippen LogP contribution in [0.1, 0.15) is 25.7 Å². The number of piperidine rings is 2. The van der Waals surface area contributed by atoms with E-state index in [4.69, 9.17) is 11.6 Å². The molecule has 1 spiro atoms. The van der Waals surface area contributed by atoms with Crippen LogP contribution >= 0.6 is 11.6 Å². The van der Waals surface area contributed by atoms with Crippen LogP contribution in [-0.4, -0.2) is 43.0 Å². The van der Waals surface area contributed by atoms with Crippen molar-refractivity contribution >= 4 is 23.0 Å². The van der Waals surface area contributed by atoms with Gasteiger partial charge in [0.1, 0.15) is 0 Å². The summed E-state index contributed by atoms with van der Waals surface area (Å²) in [6.45, 7) is 4.36. The molecule has 0 amide bonds. The molecule has 5 nitrogen and oxygen atoms in total. The highest BCUT2D eigenvalue weighted by Crippen LogP contribution is 2.43. The van der Waals surface area contributed by atoms with Crippen LogP contribution in [0.15, 0.2) is 18.2 Å². The van der Waals surface area contributed by atoms with Crippen LogP contribution in [-0.2, 0) is 0 Å². The van der Waals surface area contributed by atoms with Gasteiger partial charge in [0.15, 0.2) is 0 Å². The third kappa shape index (κ3) is 3.06. The van der Waals surface area contributed by atoms with E-state index in [1.165, 1.54) is 44.8 Å². The number of halogens is 1. The van der Waals surface area contributed by atoms with Gasteiger partial charge in [-0.3, -0.25) is 10.1 Å². The first-order valence-electron chi connectivity index (χ1n) is 7.87. The van der Waals surface area contributed by atoms with E-state index in [9.17, 15) is 10.1 Å². The minimum atomic E-state index is -0.403. The van der Waals surface area contributed by atoms with Crippen LogP contribution in [0.25, 0.3) is 0 Å². The molecule has 2 aliphatic heterocycles. The molecular weight excluding hydrogens is 302 g/mol. The number of hydrogen-bond donors (Lipinski definition) is 0. The molecule has 0 atom stereocenters. The van der Waals surface area contributed by atoms with Crippen molar-refractivity contribution in [3.63, 3.8) is 0 Å². The van der Waals surface area contributed by atoms with Crippen LogP contribution in [0.5, 0.6) is 0 Å². The highest BCUT2D eigenvalue weighted by atomic mass is 35.5. The summed E-state index contributed by atoms with van der Waals surface area (Å²) in [6, 6.07) is 4.78. The predicted octanol–water partition coefficient (Wildman–Crippen LogP) is 3.56. The standard InChI is InChI=1S/C16H22ClN3O2/c1-18-8-4-16(5-9-18)6-10-19(11-7-16)15-3-2-13(20(21)22)12-14(15)17/h2-3,12H,4-11H2,1H3. The Morgan fingerprint density at radius 3 is 2.27 bits per heavy atom. The quantitative estimate of drug-likeness (QED) is 0.617. The van der Waals surface area contributed by atoms with E-state index >= 15 is 0 Å². The van der Waals surface area contributed by atoms with Gasteiger partial charge in [-0.2, -0.15) is 0 Å². The summed E-state index contributed by atoms with van der Waals surface area (Å²) in [4.78, 5) is 15.1. The first kappa shape index (κ1) is 15.6. The zero-order valence-corrected chi connectivity index (χ0v) is 13.7. The van der Waals surface area contributed by atoms with Crippen molar-refractivity contribution in [2.24, 2.45) is 5.41 Å². The molecule has 2 saturated heterocycles. The second kappa shape index (κ2) is 6.05. The molecule has 0 radical (unpaired) electrons. The highest BCUT2D eigenvalue weighted by molar-refractivity contribution is 6.33. The number of likely N-dealkylation sites (tertiary alicyclic amines) is 1. The topological polar surface area (TPSA) is 49.6 Å². The average Bonchev–Trinajstić information content (AvgIpc) is 2.51. The van der Waals surface area contributed by atoms with Crippen molar-refractivity contribution in [3.8, 4) is 0 Å². The molecule has 2 fully saturated rings. The van der Waals surface area contributed by atoms with Gasteiger partial charge in [0.25, 0.3) is 5.69 Å². The van der Waals surface area contributed by atoms with Gasteiger partial charge in [-0.05, 0) is 57.3 Å². The fourth-order valence-corrected chi connectivity index (χ4v) is 3.97. The van der Waals surface area contributed by atoms with Crippen molar-refractivity contribution in [3.05, 3.63) is 33.3 Å². The summed E-state index contributed by atoms with van der Waals surface area (Å²) >= 11 is 6.25. The van der Waals surface area contributed by atoms with Crippen LogP contribution < -0.4 is 4.90 Å². The molecule has 0 saturated carbocycles. The maximum Gasteiger partial charge on any atom is 0.271 e. The maximum absolute atomic E-state index is 10.8. The predicted molar refractivity (Wildman–Crippen MR) is 88.7 cm³/mol. The van der Waals surface area contributed by atoms with Crippen LogP contribution in [0.3, 0.4) is 0 Å². The van der Waals surface area contributed by atoms with E-state index in [1.54, 1.807) is 12.1 Å². The fourth-order valence-electron chi connectivity index (χ4n) is 3.68. The lowest BCUT2D eigenvalue weighted by atomic mass is 9.71. The SMILES string of the molecule is CN1CCC2(CC1)CCN(c1ccc([N+](=O)[O-])cc1Cl)CC2. The second-order valence-electron chi connectivity index (χ2n) is 6.68. The molecule has 0 bridgehead atoms. The Bertz CT molecular complexity index is 561. The zero-order chi connectivity index (χ0) is 15.7. The molecule has 2 heterocycles. The van der Waals surface area contributed by atoms with Crippen molar-refractivity contribution in [1.82, 2.24) is 4.90 Å². The van der Waals surface area contributed by atoms with Crippen molar-refractivity contribution in [2.45, 2.75) is 25.7 Å². The Morgan fingerprint density at radius 2 is 1.73 bits per heavy atom. The molecule has 3 rings (SSSR count). The number of rotatable bonds is 2. The smallest absolute Gasteiger partial charge is 0.271 e. The van der Waals surface area contributed by atoms with Gasteiger partial charge in [-0.15, -0.1) is 0 Å². The molecule has 0 unspecified atom stereocenters. The largest absolute Gasteiger partial charge is 0.370 e. The van der Waals surface area contributed by atoms with E-state index in [1.807, 2.05) is 0 Å². The fraction of sp³-hybridized carbons (Fsp3) is 0.625. The van der Waals surface area contributed by atoms with Gasteiger partial charge < -0.3 is 9.80 Å². The van der Waals surface area contributed by atoms with Crippen LogP contribution in [0.2, 0.25) is 5.02 Å². The van der Waals surface area contributed by atoms with Crippen molar-refractivity contribution in [1.29, 1.82) is 0 Å². The number of nitrogens with zero attached hydrogens (tertiary/aromatic N) is 3. The lowest BCUT2D eigenvalue weighted by Gasteiger charge is -2.47. The van der Waals surface area contributed by atoms with E-state index in [0.717, 1.165) is 18.8 Å². The molecule has 22 heavy (non-hydrogen) atoms. The number of nitro benzene ring substituents is 1. The van der Waals surface area contributed by atoms with Gasteiger partial charge in [-0.1, -0.05) is 11.6 Å². The highest BCUT2D eigenvalue weighted by Gasteiger charge is 2.37. The molecule has 1 aromatic carbocycles. The number of anilines is 1. The van der Waals surface area contributed by atoms with E-state index in [2.05, 4.69) is 16.8 Å². The lowest BCUT2D eigenvalue weighted by molar-refractivity contribution is -0.384. The van der Waals surface area contributed by atoms with Crippen LogP contribution in [0.4, 0.5) is 11.4 Å². The average molecular weight is 324 g/mol. The number of non-ortho nitro benzene ring substituents is 1. The number of hydrogen-bond acceptors (Lipinski definition) is 4. The van der Waals surface area contributed by atoms with Gasteiger partial charge in [0.05, 0.1) is 15.6 Å². The summed E-state index contributed by atoms with van der Waals surface area (Å²) in [5, 5.41) is 11.3. The number of nitro groups is 1. The van der Waals surface area contributed by atoms with E-state index in [0.29, 0.717) is 10.4 Å². The monoisotopic (exact) mass is 323 g/mol. The van der Waals surface area contributed by atoms with Gasteiger partial charge in [-0.25, -0.2) is 0 Å². The Morgan fingerprint density at radius 1 is 1.14 bits per heavy atom. The Hall–Kier alpha value is -1.33. The van der Waals surface area contributed by atoms with Crippen molar-refractivity contribution < 1.29 is 4.92 Å². The van der Waals surface area contributed by atoms with Crippen molar-refractivity contribution in [2.75, 3.05) is 38.1 Å². The second-order valence-corrected chi connectivity index (χ2v) is 7.09. The minimum Gasteiger partial charge on any atom is -0.370 e. The summed E-state index contributed by atoms with van der Waals surface area (Å²) in [6.07, 6.45) is 4.94. The summed E-state index contributed by atoms with van der Waals surface area (Å²) < 4.78 is 0. The number of benzene rings is 1. The Kier molecular flexibility index (Phi) is 4.28. The molecule has 120 valence electrons. The van der Waals surface area contributed by atoms with Gasteiger partial charge >= 0.3 is 0 Å². The summed E-state index contributed by atoms with van der Waals surface area (Å²) in [5.41, 5.74) is 1.48. The van der Waals surface area contributed by atoms with Gasteiger partial charge in [0, 0.05) is 25.2 Å². The van der Waals surface area contributed by atoms with Crippen LogP contribution in [0, 0.1) is 15.5 Å².